The van der Waals surface area contributed by atoms with Crippen LogP contribution in [0.25, 0.3) is 0 Å². The minimum Gasteiger partial charge on any atom is -0.368 e. The third kappa shape index (κ3) is 3.39. The Morgan fingerprint density at radius 3 is 2.81 bits per heavy atom. The Bertz CT molecular complexity index is 494. The Labute approximate surface area is 127 Å². The van der Waals surface area contributed by atoms with Gasteiger partial charge in [0.2, 0.25) is 5.91 Å². The third-order valence-electron chi connectivity index (χ3n) is 4.90. The molecule has 0 aromatic heterocycles. The van der Waals surface area contributed by atoms with E-state index in [1.807, 2.05) is 0 Å². The van der Waals surface area contributed by atoms with Crippen molar-refractivity contribution in [2.24, 2.45) is 0 Å². The van der Waals surface area contributed by atoms with Crippen LogP contribution in [0.3, 0.4) is 0 Å². The van der Waals surface area contributed by atoms with Crippen molar-refractivity contribution in [3.8, 4) is 0 Å². The molecule has 1 aliphatic carbocycles. The van der Waals surface area contributed by atoms with Crippen LogP contribution in [0.5, 0.6) is 0 Å². The van der Waals surface area contributed by atoms with Gasteiger partial charge in [-0.25, -0.2) is 0 Å². The Kier molecular flexibility index (Phi) is 4.47. The summed E-state index contributed by atoms with van der Waals surface area (Å²) in [6, 6.07) is 9.50. The monoisotopic (exact) mass is 286 g/mol. The van der Waals surface area contributed by atoms with E-state index in [4.69, 9.17) is 0 Å². The highest BCUT2D eigenvalue weighted by atomic mass is 16.1. The van der Waals surface area contributed by atoms with E-state index in [2.05, 4.69) is 41.4 Å². The molecule has 1 fully saturated rings. The van der Waals surface area contributed by atoms with Gasteiger partial charge in [0.25, 0.3) is 0 Å². The van der Waals surface area contributed by atoms with Crippen LogP contribution in [0.1, 0.15) is 51.0 Å². The van der Waals surface area contributed by atoms with E-state index in [0.29, 0.717) is 18.5 Å². The summed E-state index contributed by atoms with van der Waals surface area (Å²) in [4.78, 5) is 14.5. The molecule has 3 heteroatoms. The standard InChI is InChI=1S/C18H26N2O/c1-14-13-15-7-5-6-10-17(15)20(14)12-11-18(21)19-16-8-3-2-4-9-16/h5-7,10,14,16H,2-4,8-9,11-13H2,1H3,(H,19,21). The number of rotatable bonds is 4. The molecule has 1 saturated carbocycles. The minimum absolute atomic E-state index is 0.221. The molecule has 1 aromatic rings. The molecule has 0 radical (unpaired) electrons. The van der Waals surface area contributed by atoms with Crippen LogP contribution in [0.15, 0.2) is 24.3 Å². The summed E-state index contributed by atoms with van der Waals surface area (Å²) in [7, 11) is 0. The first kappa shape index (κ1) is 14.4. The molecule has 1 heterocycles. The molecular formula is C18H26N2O. The minimum atomic E-state index is 0.221. The number of anilines is 1. The number of nitrogens with zero attached hydrogens (tertiary/aromatic N) is 1. The number of carbonyl (C=O) groups excluding carboxylic acids is 1. The van der Waals surface area contributed by atoms with Gasteiger partial charge in [0.15, 0.2) is 0 Å². The molecule has 114 valence electrons. The highest BCUT2D eigenvalue weighted by Gasteiger charge is 2.25. The van der Waals surface area contributed by atoms with Crippen molar-refractivity contribution in [1.29, 1.82) is 0 Å². The van der Waals surface area contributed by atoms with Crippen LogP contribution in [-0.2, 0) is 11.2 Å². The van der Waals surface area contributed by atoms with Crippen molar-refractivity contribution in [3.05, 3.63) is 29.8 Å². The van der Waals surface area contributed by atoms with E-state index in [1.165, 1.54) is 30.5 Å². The molecule has 0 saturated heterocycles. The average molecular weight is 286 g/mol. The Morgan fingerprint density at radius 1 is 1.24 bits per heavy atom. The number of nitrogens with one attached hydrogen (secondary N) is 1. The molecule has 1 atom stereocenters. The molecule has 1 aromatic carbocycles. The second kappa shape index (κ2) is 6.50. The van der Waals surface area contributed by atoms with Gasteiger partial charge < -0.3 is 10.2 Å². The van der Waals surface area contributed by atoms with Crippen LogP contribution in [0, 0.1) is 0 Å². The second-order valence-electron chi connectivity index (χ2n) is 6.53. The molecule has 0 spiro atoms. The summed E-state index contributed by atoms with van der Waals surface area (Å²) < 4.78 is 0. The quantitative estimate of drug-likeness (QED) is 0.921. The number of para-hydroxylation sites is 1. The SMILES string of the molecule is CC1Cc2ccccc2N1CCC(=O)NC1CCCCC1. The van der Waals surface area contributed by atoms with Crippen LogP contribution >= 0.6 is 0 Å². The lowest BCUT2D eigenvalue weighted by molar-refractivity contribution is -0.121. The number of carbonyl (C=O) groups is 1. The molecule has 3 rings (SSSR count). The fourth-order valence-electron chi connectivity index (χ4n) is 3.74. The molecule has 1 aliphatic heterocycles. The van der Waals surface area contributed by atoms with Crippen LogP contribution in [-0.4, -0.2) is 24.5 Å². The van der Waals surface area contributed by atoms with Crippen molar-refractivity contribution in [1.82, 2.24) is 5.32 Å². The average Bonchev–Trinajstić information content (AvgIpc) is 2.81. The predicted molar refractivity (Wildman–Crippen MR) is 86.6 cm³/mol. The van der Waals surface area contributed by atoms with Gasteiger partial charge >= 0.3 is 0 Å². The van der Waals surface area contributed by atoms with Gasteiger partial charge in [-0.2, -0.15) is 0 Å². The lowest BCUT2D eigenvalue weighted by Crippen LogP contribution is -2.39. The van der Waals surface area contributed by atoms with Crippen molar-refractivity contribution in [3.63, 3.8) is 0 Å². The van der Waals surface area contributed by atoms with E-state index in [0.717, 1.165) is 25.8 Å². The van der Waals surface area contributed by atoms with Gasteiger partial charge in [-0.15, -0.1) is 0 Å². The molecule has 0 bridgehead atoms. The third-order valence-corrected chi connectivity index (χ3v) is 4.90. The maximum atomic E-state index is 12.1. The topological polar surface area (TPSA) is 32.3 Å². The van der Waals surface area contributed by atoms with Crippen LogP contribution in [0.4, 0.5) is 5.69 Å². The van der Waals surface area contributed by atoms with Gasteiger partial charge in [-0.05, 0) is 37.8 Å². The zero-order chi connectivity index (χ0) is 14.7. The van der Waals surface area contributed by atoms with Gasteiger partial charge in [-0.3, -0.25) is 4.79 Å². The van der Waals surface area contributed by atoms with Crippen LogP contribution < -0.4 is 10.2 Å². The number of amides is 1. The highest BCUT2D eigenvalue weighted by Crippen LogP contribution is 2.31. The summed E-state index contributed by atoms with van der Waals surface area (Å²) in [6.07, 6.45) is 7.89. The van der Waals surface area contributed by atoms with Gasteiger partial charge in [0.1, 0.15) is 0 Å². The molecule has 1 N–H and O–H groups in total. The molecular weight excluding hydrogens is 260 g/mol. The highest BCUT2D eigenvalue weighted by molar-refractivity contribution is 5.77. The largest absolute Gasteiger partial charge is 0.368 e. The Morgan fingerprint density at radius 2 is 2.00 bits per heavy atom. The van der Waals surface area contributed by atoms with Crippen molar-refractivity contribution in [2.45, 2.75) is 64.0 Å². The van der Waals surface area contributed by atoms with E-state index in [9.17, 15) is 4.79 Å². The zero-order valence-corrected chi connectivity index (χ0v) is 13.0. The van der Waals surface area contributed by atoms with Crippen molar-refractivity contribution in [2.75, 3.05) is 11.4 Å². The van der Waals surface area contributed by atoms with Crippen LogP contribution in [0.2, 0.25) is 0 Å². The fourth-order valence-corrected chi connectivity index (χ4v) is 3.74. The number of benzene rings is 1. The van der Waals surface area contributed by atoms with E-state index in [1.54, 1.807) is 0 Å². The van der Waals surface area contributed by atoms with Gasteiger partial charge in [0.05, 0.1) is 0 Å². The molecule has 1 unspecified atom stereocenters. The fraction of sp³-hybridized carbons (Fsp3) is 0.611. The normalized spacial score (nSPS) is 22.1. The predicted octanol–water partition coefficient (Wildman–Crippen LogP) is 3.28. The lowest BCUT2D eigenvalue weighted by Gasteiger charge is -2.26. The molecule has 2 aliphatic rings. The molecule has 1 amide bonds. The first-order valence-electron chi connectivity index (χ1n) is 8.38. The summed E-state index contributed by atoms with van der Waals surface area (Å²) in [5.41, 5.74) is 2.73. The smallest absolute Gasteiger partial charge is 0.221 e. The Balaban J connectivity index is 1.51. The zero-order valence-electron chi connectivity index (χ0n) is 13.0. The van der Waals surface area contributed by atoms with Gasteiger partial charge in [0, 0.05) is 30.7 Å². The molecule has 3 nitrogen and oxygen atoms in total. The summed E-state index contributed by atoms with van der Waals surface area (Å²) in [5.74, 6) is 0.221. The number of hydrogen-bond donors (Lipinski definition) is 1. The molecule has 21 heavy (non-hydrogen) atoms. The maximum Gasteiger partial charge on any atom is 0.221 e. The number of hydrogen-bond acceptors (Lipinski definition) is 2. The van der Waals surface area contributed by atoms with E-state index in [-0.39, 0.29) is 5.91 Å². The second-order valence-corrected chi connectivity index (χ2v) is 6.53. The number of fused-ring (bicyclic) bond motifs is 1. The van der Waals surface area contributed by atoms with Crippen molar-refractivity contribution < 1.29 is 4.79 Å². The first-order valence-corrected chi connectivity index (χ1v) is 8.38. The summed E-state index contributed by atoms with van der Waals surface area (Å²) in [6.45, 7) is 3.08. The van der Waals surface area contributed by atoms with Gasteiger partial charge in [-0.1, -0.05) is 37.5 Å². The van der Waals surface area contributed by atoms with E-state index < -0.39 is 0 Å². The summed E-state index contributed by atoms with van der Waals surface area (Å²) >= 11 is 0. The van der Waals surface area contributed by atoms with E-state index >= 15 is 0 Å². The maximum absolute atomic E-state index is 12.1. The Hall–Kier alpha value is -1.51. The summed E-state index contributed by atoms with van der Waals surface area (Å²) in [5, 5.41) is 3.22. The van der Waals surface area contributed by atoms with Crippen molar-refractivity contribution >= 4 is 11.6 Å². The first-order chi connectivity index (χ1) is 10.2. The lowest BCUT2D eigenvalue weighted by atomic mass is 9.95.